The van der Waals surface area contributed by atoms with E-state index >= 15 is 0 Å². The highest BCUT2D eigenvalue weighted by Crippen LogP contribution is 2.39. The number of hydrogen-bond acceptors (Lipinski definition) is 8. The van der Waals surface area contributed by atoms with Gasteiger partial charge in [-0.05, 0) is 28.8 Å². The minimum absolute atomic E-state index is 0.0629. The number of thiazole rings is 1. The van der Waals surface area contributed by atoms with Crippen LogP contribution in [0.3, 0.4) is 0 Å². The summed E-state index contributed by atoms with van der Waals surface area (Å²) in [5.74, 6) is -0.331. The lowest BCUT2D eigenvalue weighted by atomic mass is 10.0. The van der Waals surface area contributed by atoms with Gasteiger partial charge in [0.2, 0.25) is 11.8 Å². The molecule has 3 heterocycles. The maximum Gasteiger partial charge on any atom is 0.407 e. The van der Waals surface area contributed by atoms with Gasteiger partial charge >= 0.3 is 6.09 Å². The number of carbonyl (C=O) groups is 1. The Kier molecular flexibility index (Phi) is 6.16. The highest BCUT2D eigenvalue weighted by Gasteiger charge is 2.40. The van der Waals surface area contributed by atoms with Crippen molar-refractivity contribution in [2.24, 2.45) is 0 Å². The van der Waals surface area contributed by atoms with Crippen LogP contribution < -0.4 is 0 Å². The van der Waals surface area contributed by atoms with Crippen molar-refractivity contribution in [1.29, 1.82) is 0 Å². The van der Waals surface area contributed by atoms with Crippen LogP contribution in [0.2, 0.25) is 0 Å². The SMILES string of the molecule is O=C(O)N1CC(c2nnc(C(c3nc4ccc(-c5ccccc5)cc4s3)S(=O)(=O)Cc3ccccc3)o2)C1. The third-order valence-corrected chi connectivity index (χ3v) is 9.60. The summed E-state index contributed by atoms with van der Waals surface area (Å²) in [5, 5.41) is 16.4. The van der Waals surface area contributed by atoms with Gasteiger partial charge in [-0.3, -0.25) is 0 Å². The van der Waals surface area contributed by atoms with Crippen molar-refractivity contribution >= 4 is 37.5 Å². The van der Waals surface area contributed by atoms with E-state index in [1.54, 1.807) is 24.3 Å². The smallest absolute Gasteiger partial charge is 0.407 e. The second kappa shape index (κ2) is 9.66. The van der Waals surface area contributed by atoms with Crippen molar-refractivity contribution < 1.29 is 22.7 Å². The summed E-state index contributed by atoms with van der Waals surface area (Å²) in [6.07, 6.45) is -1.02. The molecule has 1 amide bonds. The molecule has 11 heteroatoms. The van der Waals surface area contributed by atoms with Crippen LogP contribution >= 0.6 is 11.3 Å². The van der Waals surface area contributed by atoms with Gasteiger partial charge in [0.25, 0.3) is 0 Å². The van der Waals surface area contributed by atoms with E-state index in [1.165, 1.54) is 16.2 Å². The fourth-order valence-corrected chi connectivity index (χ4v) is 7.63. The van der Waals surface area contributed by atoms with E-state index in [0.717, 1.165) is 15.8 Å². The van der Waals surface area contributed by atoms with E-state index in [9.17, 15) is 13.2 Å². The maximum atomic E-state index is 13.8. The minimum Gasteiger partial charge on any atom is -0.465 e. The lowest BCUT2D eigenvalue weighted by Gasteiger charge is -2.34. The Bertz CT molecular complexity index is 1710. The largest absolute Gasteiger partial charge is 0.465 e. The molecular formula is C27H22N4O5S2. The molecule has 0 bridgehead atoms. The summed E-state index contributed by atoms with van der Waals surface area (Å²) in [4.78, 5) is 17.0. The lowest BCUT2D eigenvalue weighted by molar-refractivity contribution is 0.0977. The number of amides is 1. The number of benzene rings is 3. The standard InChI is InChI=1S/C27H22N4O5S2/c32-27(33)31-14-20(15-31)24-29-30-25(36-24)23(38(34,35)16-17-7-3-1-4-8-17)26-28-21-12-11-19(13-22(21)37-26)18-9-5-2-6-10-18/h1-13,20,23H,14-16H2,(H,32,33). The molecule has 38 heavy (non-hydrogen) atoms. The average Bonchev–Trinajstić information content (AvgIpc) is 3.50. The summed E-state index contributed by atoms with van der Waals surface area (Å²) >= 11 is 1.28. The molecule has 1 saturated heterocycles. The Hall–Kier alpha value is -4.09. The highest BCUT2D eigenvalue weighted by atomic mass is 32.2. The highest BCUT2D eigenvalue weighted by molar-refractivity contribution is 7.91. The number of rotatable bonds is 7. The summed E-state index contributed by atoms with van der Waals surface area (Å²) in [6.45, 7) is 0.448. The fourth-order valence-electron chi connectivity index (χ4n) is 4.48. The first-order valence-corrected chi connectivity index (χ1v) is 14.4. The number of hydrogen-bond donors (Lipinski definition) is 1. The molecule has 1 aliphatic rings. The first-order chi connectivity index (χ1) is 18.4. The molecule has 6 rings (SSSR count). The third kappa shape index (κ3) is 4.66. The molecule has 0 radical (unpaired) electrons. The summed E-state index contributed by atoms with van der Waals surface area (Å²) in [7, 11) is -3.87. The zero-order valence-electron chi connectivity index (χ0n) is 20.0. The first kappa shape index (κ1) is 24.3. The van der Waals surface area contributed by atoms with E-state index < -0.39 is 21.2 Å². The Morgan fingerprint density at radius 1 is 1.00 bits per heavy atom. The second-order valence-electron chi connectivity index (χ2n) is 9.14. The van der Waals surface area contributed by atoms with Gasteiger partial charge in [-0.25, -0.2) is 18.2 Å². The van der Waals surface area contributed by atoms with E-state index in [-0.39, 0.29) is 36.5 Å². The van der Waals surface area contributed by atoms with Gasteiger partial charge < -0.3 is 14.4 Å². The molecule has 1 N–H and O–H groups in total. The summed E-state index contributed by atoms with van der Waals surface area (Å²) in [5.41, 5.74) is 3.38. The Morgan fingerprint density at radius 3 is 2.42 bits per heavy atom. The van der Waals surface area contributed by atoms with Crippen molar-refractivity contribution in [2.45, 2.75) is 16.9 Å². The van der Waals surface area contributed by atoms with Crippen molar-refractivity contribution in [3.8, 4) is 11.1 Å². The van der Waals surface area contributed by atoms with Crippen LogP contribution in [0.4, 0.5) is 4.79 Å². The Morgan fingerprint density at radius 2 is 1.71 bits per heavy atom. The number of carboxylic acid groups (broad SMARTS) is 1. The van der Waals surface area contributed by atoms with Gasteiger partial charge in [0.15, 0.2) is 15.1 Å². The Labute approximate surface area is 222 Å². The molecule has 1 fully saturated rings. The number of likely N-dealkylation sites (tertiary alicyclic amines) is 1. The van der Waals surface area contributed by atoms with Gasteiger partial charge in [0.1, 0.15) is 5.01 Å². The van der Waals surface area contributed by atoms with Crippen molar-refractivity contribution in [1.82, 2.24) is 20.1 Å². The average molecular weight is 547 g/mol. The van der Waals surface area contributed by atoms with Gasteiger partial charge in [-0.2, -0.15) is 0 Å². The van der Waals surface area contributed by atoms with Crippen LogP contribution in [0.15, 0.2) is 83.3 Å². The zero-order valence-corrected chi connectivity index (χ0v) is 21.6. The van der Waals surface area contributed by atoms with Crippen LogP contribution in [-0.4, -0.2) is 52.8 Å². The van der Waals surface area contributed by atoms with E-state index in [1.807, 2.05) is 54.6 Å². The van der Waals surface area contributed by atoms with Crippen LogP contribution in [0.5, 0.6) is 0 Å². The Balaban J connectivity index is 1.39. The fraction of sp³-hybridized carbons (Fsp3) is 0.185. The van der Waals surface area contributed by atoms with Crippen LogP contribution in [0, 0.1) is 0 Å². The normalized spacial score (nSPS) is 14.9. The number of fused-ring (bicyclic) bond motifs is 1. The van der Waals surface area contributed by atoms with Gasteiger partial charge in [0.05, 0.1) is 21.9 Å². The summed E-state index contributed by atoms with van der Waals surface area (Å²) < 4.78 is 34.4. The molecule has 1 unspecified atom stereocenters. The molecule has 0 aliphatic carbocycles. The van der Waals surface area contributed by atoms with Gasteiger partial charge in [0, 0.05) is 13.1 Å². The molecule has 5 aromatic rings. The first-order valence-electron chi connectivity index (χ1n) is 11.9. The predicted molar refractivity (Wildman–Crippen MR) is 143 cm³/mol. The second-order valence-corrected chi connectivity index (χ2v) is 12.3. The maximum absolute atomic E-state index is 13.8. The monoisotopic (exact) mass is 546 g/mol. The van der Waals surface area contributed by atoms with E-state index in [2.05, 4.69) is 15.2 Å². The quantitative estimate of drug-likeness (QED) is 0.298. The molecule has 1 aliphatic heterocycles. The van der Waals surface area contributed by atoms with Crippen LogP contribution in [0.25, 0.3) is 21.3 Å². The lowest BCUT2D eigenvalue weighted by Crippen LogP contribution is -2.47. The molecule has 9 nitrogen and oxygen atoms in total. The van der Waals surface area contributed by atoms with Crippen LogP contribution in [0.1, 0.15) is 33.5 Å². The van der Waals surface area contributed by atoms with Crippen molar-refractivity contribution in [3.05, 3.63) is 101 Å². The van der Waals surface area contributed by atoms with E-state index in [4.69, 9.17) is 9.52 Å². The molecule has 1 atom stereocenters. The van der Waals surface area contributed by atoms with Crippen LogP contribution in [-0.2, 0) is 15.6 Å². The van der Waals surface area contributed by atoms with Gasteiger partial charge in [-0.15, -0.1) is 21.5 Å². The third-order valence-electron chi connectivity index (χ3n) is 6.49. The zero-order chi connectivity index (χ0) is 26.3. The summed E-state index contributed by atoms with van der Waals surface area (Å²) in [6, 6.07) is 24.7. The molecule has 2 aromatic heterocycles. The van der Waals surface area contributed by atoms with Crippen molar-refractivity contribution in [2.75, 3.05) is 13.1 Å². The predicted octanol–water partition coefficient (Wildman–Crippen LogP) is 5.13. The molecule has 192 valence electrons. The number of sulfone groups is 1. The van der Waals surface area contributed by atoms with Crippen molar-refractivity contribution in [3.63, 3.8) is 0 Å². The molecule has 3 aromatic carbocycles. The number of nitrogens with zero attached hydrogens (tertiary/aromatic N) is 4. The molecular weight excluding hydrogens is 524 g/mol. The molecule has 0 spiro atoms. The molecule has 0 saturated carbocycles. The topological polar surface area (TPSA) is 126 Å². The number of aromatic nitrogens is 3. The van der Waals surface area contributed by atoms with Gasteiger partial charge in [-0.1, -0.05) is 66.7 Å². The van der Waals surface area contributed by atoms with E-state index in [0.29, 0.717) is 16.1 Å². The minimum atomic E-state index is -3.87.